The first-order valence-electron chi connectivity index (χ1n) is 12.0. The van der Waals surface area contributed by atoms with Gasteiger partial charge in [-0.3, -0.25) is 4.90 Å². The molecule has 1 aliphatic heterocycles. The summed E-state index contributed by atoms with van der Waals surface area (Å²) >= 11 is 0. The Kier molecular flexibility index (Phi) is 7.53. The minimum Gasteiger partial charge on any atom is -0.497 e. The van der Waals surface area contributed by atoms with Gasteiger partial charge in [0.15, 0.2) is 8.32 Å². The molecule has 1 N–H and O–H groups in total. The fourth-order valence-corrected chi connectivity index (χ4v) is 5.25. The third kappa shape index (κ3) is 6.42. The van der Waals surface area contributed by atoms with Gasteiger partial charge in [0.1, 0.15) is 17.2 Å². The third-order valence-corrected chi connectivity index (χ3v) is 11.2. The lowest BCUT2D eigenvalue weighted by Gasteiger charge is -2.38. The van der Waals surface area contributed by atoms with Crippen molar-refractivity contribution in [2.75, 3.05) is 13.7 Å². The summed E-state index contributed by atoms with van der Waals surface area (Å²) in [7, 11) is -0.320. The second kappa shape index (κ2) is 9.74. The van der Waals surface area contributed by atoms with Crippen LogP contribution in [0.1, 0.15) is 71.1 Å². The first-order valence-corrected chi connectivity index (χ1v) is 14.9. The van der Waals surface area contributed by atoms with Crippen molar-refractivity contribution in [3.63, 3.8) is 0 Å². The maximum Gasteiger partial charge on any atom is 0.411 e. The Morgan fingerprint density at radius 3 is 2.53 bits per heavy atom. The highest BCUT2D eigenvalue weighted by Gasteiger charge is 2.45. The molecule has 34 heavy (non-hydrogen) atoms. The number of aromatic nitrogens is 2. The second-order valence-corrected chi connectivity index (χ2v) is 16.5. The monoisotopic (exact) mass is 487 g/mol. The van der Waals surface area contributed by atoms with Gasteiger partial charge in [-0.15, -0.1) is 0 Å². The molecule has 0 bridgehead atoms. The minimum atomic E-state index is -1.99. The molecule has 8 heteroatoms. The molecular weight excluding hydrogens is 446 g/mol. The Morgan fingerprint density at radius 2 is 1.91 bits per heavy atom. The number of hydrogen-bond donors (Lipinski definition) is 1. The molecule has 0 radical (unpaired) electrons. The van der Waals surface area contributed by atoms with Crippen LogP contribution in [-0.2, 0) is 15.6 Å². The van der Waals surface area contributed by atoms with Crippen LogP contribution in [0.5, 0.6) is 5.75 Å². The maximum atomic E-state index is 13.1. The summed E-state index contributed by atoms with van der Waals surface area (Å²) in [5.74, 6) is 1.60. The average Bonchev–Trinajstić information content (AvgIpc) is 3.32. The van der Waals surface area contributed by atoms with Crippen molar-refractivity contribution in [3.8, 4) is 5.75 Å². The number of rotatable bonds is 6. The molecule has 0 saturated carbocycles. The van der Waals surface area contributed by atoms with Gasteiger partial charge in [0.25, 0.3) is 0 Å². The van der Waals surface area contributed by atoms with Crippen LogP contribution in [-0.4, -0.2) is 54.6 Å². The van der Waals surface area contributed by atoms with Crippen molar-refractivity contribution >= 4 is 14.4 Å². The molecule has 2 heterocycles. The molecule has 188 valence electrons. The number of likely N-dealkylation sites (tertiary alicyclic amines) is 1. The smallest absolute Gasteiger partial charge is 0.411 e. The predicted octanol–water partition coefficient (Wildman–Crippen LogP) is 6.08. The Morgan fingerprint density at radius 1 is 1.21 bits per heavy atom. The van der Waals surface area contributed by atoms with Gasteiger partial charge in [0, 0.05) is 31.3 Å². The van der Waals surface area contributed by atoms with Crippen LogP contribution in [0.25, 0.3) is 0 Å². The molecule has 0 unspecified atom stereocenters. The van der Waals surface area contributed by atoms with E-state index in [1.165, 1.54) is 0 Å². The van der Waals surface area contributed by atoms with Gasteiger partial charge in [-0.2, -0.15) is 0 Å². The molecule has 0 spiro atoms. The fourth-order valence-electron chi connectivity index (χ4n) is 3.90. The zero-order valence-electron chi connectivity index (χ0n) is 22.2. The average molecular weight is 488 g/mol. The molecule has 2 aromatic rings. The lowest BCUT2D eigenvalue weighted by Crippen LogP contribution is -2.45. The van der Waals surface area contributed by atoms with E-state index in [2.05, 4.69) is 49.9 Å². The van der Waals surface area contributed by atoms with Crippen molar-refractivity contribution in [1.29, 1.82) is 0 Å². The summed E-state index contributed by atoms with van der Waals surface area (Å²) in [5.41, 5.74) is 1.55. The number of hydrogen-bond acceptors (Lipinski definition) is 5. The minimum absolute atomic E-state index is 0.0506. The van der Waals surface area contributed by atoms with E-state index in [4.69, 9.17) is 13.9 Å². The first kappa shape index (κ1) is 26.3. The molecule has 1 aromatic heterocycles. The number of carbonyl (C=O) groups excluding carboxylic acids is 1. The number of nitrogens with one attached hydrogen (secondary N) is 1. The highest BCUT2D eigenvalue weighted by atomic mass is 28.4. The van der Waals surface area contributed by atoms with Gasteiger partial charge in [-0.25, -0.2) is 9.78 Å². The zero-order chi connectivity index (χ0) is 25.3. The van der Waals surface area contributed by atoms with Crippen LogP contribution in [0.3, 0.4) is 0 Å². The molecule has 2 atom stereocenters. The van der Waals surface area contributed by atoms with Crippen molar-refractivity contribution in [2.24, 2.45) is 0 Å². The summed E-state index contributed by atoms with van der Waals surface area (Å²) in [6.07, 6.45) is 2.87. The highest BCUT2D eigenvalue weighted by molar-refractivity contribution is 6.74. The predicted molar refractivity (Wildman–Crippen MR) is 137 cm³/mol. The molecule has 7 nitrogen and oxygen atoms in total. The van der Waals surface area contributed by atoms with Crippen molar-refractivity contribution in [3.05, 3.63) is 47.5 Å². The SMILES string of the molecule is COc1cccc(Cc2cnc([C@@H]3C[C@@H](O[Si](C)(C)C(C)(C)C)CN3C(=O)OC(C)(C)C)[nH]2)c1. The van der Waals surface area contributed by atoms with E-state index in [1.54, 1.807) is 12.0 Å². The van der Waals surface area contributed by atoms with Gasteiger partial charge in [-0.05, 0) is 56.6 Å². The van der Waals surface area contributed by atoms with Gasteiger partial charge < -0.3 is 18.9 Å². The van der Waals surface area contributed by atoms with Gasteiger partial charge >= 0.3 is 6.09 Å². The number of carbonyl (C=O) groups is 1. The largest absolute Gasteiger partial charge is 0.497 e. The van der Waals surface area contributed by atoms with Crippen LogP contribution in [0, 0.1) is 0 Å². The molecule has 1 aliphatic rings. The fraction of sp³-hybridized carbons (Fsp3) is 0.615. The van der Waals surface area contributed by atoms with E-state index in [-0.39, 0.29) is 23.3 Å². The number of aromatic amines is 1. The topological polar surface area (TPSA) is 76.7 Å². The van der Waals surface area contributed by atoms with E-state index >= 15 is 0 Å². The second-order valence-electron chi connectivity index (χ2n) is 11.7. The van der Waals surface area contributed by atoms with Gasteiger partial charge in [0.05, 0.1) is 19.3 Å². The number of imidazole rings is 1. The number of benzene rings is 1. The lowest BCUT2D eigenvalue weighted by molar-refractivity contribution is 0.0203. The van der Waals surface area contributed by atoms with Gasteiger partial charge in [0.2, 0.25) is 0 Å². The lowest BCUT2D eigenvalue weighted by atomic mass is 10.1. The molecule has 0 aliphatic carbocycles. The summed E-state index contributed by atoms with van der Waals surface area (Å²) in [4.78, 5) is 23.0. The summed E-state index contributed by atoms with van der Waals surface area (Å²) in [6.45, 7) is 17.3. The van der Waals surface area contributed by atoms with E-state index in [9.17, 15) is 4.79 Å². The highest BCUT2D eigenvalue weighted by Crippen LogP contribution is 2.41. The molecule has 1 fully saturated rings. The standard InChI is InChI=1S/C26H41N3O4Si/c1-25(2,3)32-24(30)29-17-21(33-34(8,9)26(4,5)6)15-22(29)23-27-16-19(28-23)13-18-11-10-12-20(14-18)31-7/h10-12,14,16,21-22H,13,15,17H2,1-9H3,(H,27,28)/t21-,22+/m1/s1. The first-order chi connectivity index (χ1) is 15.7. The summed E-state index contributed by atoms with van der Waals surface area (Å²) in [6, 6.07) is 7.78. The zero-order valence-corrected chi connectivity index (χ0v) is 23.2. The summed E-state index contributed by atoms with van der Waals surface area (Å²) < 4.78 is 17.8. The molecule has 1 amide bonds. The molecule has 3 rings (SSSR count). The maximum absolute atomic E-state index is 13.1. The van der Waals surface area contributed by atoms with Crippen molar-refractivity contribution in [1.82, 2.24) is 14.9 Å². The molecule has 1 saturated heterocycles. The van der Waals surface area contributed by atoms with Crippen LogP contribution in [0.2, 0.25) is 18.1 Å². The van der Waals surface area contributed by atoms with E-state index in [1.807, 2.05) is 45.2 Å². The molecular formula is C26H41N3O4Si. The van der Waals surface area contributed by atoms with Crippen LogP contribution in [0.4, 0.5) is 4.79 Å². The number of ether oxygens (including phenoxy) is 2. The third-order valence-electron chi connectivity index (χ3n) is 6.65. The van der Waals surface area contributed by atoms with Crippen LogP contribution in [0.15, 0.2) is 30.5 Å². The Balaban J connectivity index is 1.82. The number of nitrogens with zero attached hydrogens (tertiary/aromatic N) is 2. The Hall–Kier alpha value is -2.32. The van der Waals surface area contributed by atoms with Crippen LogP contribution < -0.4 is 4.74 Å². The number of H-pyrrole nitrogens is 1. The van der Waals surface area contributed by atoms with E-state index in [0.29, 0.717) is 19.4 Å². The Labute approximate surface area is 205 Å². The number of methoxy groups -OCH3 is 1. The van der Waals surface area contributed by atoms with E-state index in [0.717, 1.165) is 22.8 Å². The molecule has 1 aromatic carbocycles. The van der Waals surface area contributed by atoms with Crippen molar-refractivity contribution in [2.45, 2.75) is 90.3 Å². The van der Waals surface area contributed by atoms with Crippen LogP contribution >= 0.6 is 0 Å². The normalized spacial score (nSPS) is 19.4. The van der Waals surface area contributed by atoms with Crippen molar-refractivity contribution < 1.29 is 18.7 Å². The van der Waals surface area contributed by atoms with E-state index < -0.39 is 13.9 Å². The summed E-state index contributed by atoms with van der Waals surface area (Å²) in [5, 5.41) is 0.0937. The Bertz CT molecular complexity index is 990. The van der Waals surface area contributed by atoms with Gasteiger partial charge in [-0.1, -0.05) is 32.9 Å². The number of amides is 1. The quantitative estimate of drug-likeness (QED) is 0.500.